The highest BCUT2D eigenvalue weighted by Crippen LogP contribution is 2.34. The van der Waals surface area contributed by atoms with E-state index < -0.39 is 11.6 Å². The normalized spacial score (nSPS) is 13.6. The second-order valence-electron chi connectivity index (χ2n) is 11.0. The Bertz CT molecular complexity index is 1810. The minimum Gasteiger partial charge on any atom is -0.491 e. The van der Waals surface area contributed by atoms with Gasteiger partial charge in [0.25, 0.3) is 11.5 Å². The number of hydrogen-bond acceptors (Lipinski definition) is 8. The van der Waals surface area contributed by atoms with Crippen molar-refractivity contribution in [2.75, 3.05) is 44.0 Å². The number of aliphatic hydroxyl groups excluding tert-OH is 1. The fraction of sp³-hybridized carbons (Fsp3) is 0.303. The van der Waals surface area contributed by atoms with Crippen LogP contribution in [0, 0.1) is 0 Å². The molecule has 2 aromatic heterocycles. The lowest BCUT2D eigenvalue weighted by molar-refractivity contribution is 0.0916. The van der Waals surface area contributed by atoms with Crippen molar-refractivity contribution in [2.24, 2.45) is 0 Å². The summed E-state index contributed by atoms with van der Waals surface area (Å²) in [6.45, 7) is 3.75. The molecule has 3 heterocycles. The molecule has 3 amide bonds. The number of aliphatic hydroxyl groups is 1. The van der Waals surface area contributed by atoms with Crippen molar-refractivity contribution >= 4 is 46.5 Å². The van der Waals surface area contributed by atoms with Crippen LogP contribution in [0.5, 0.6) is 5.75 Å². The Labute approximate surface area is 281 Å². The number of halogens is 2. The molecule has 1 aliphatic heterocycles. The number of likely N-dealkylation sites (tertiary alicyclic amines) is 1. The molecule has 0 aliphatic carbocycles. The molecule has 1 aliphatic rings. The third kappa shape index (κ3) is 8.27. The van der Waals surface area contributed by atoms with Gasteiger partial charge >= 0.3 is 6.03 Å². The van der Waals surface area contributed by atoms with Gasteiger partial charge in [0.15, 0.2) is 0 Å². The van der Waals surface area contributed by atoms with Crippen LogP contribution < -0.4 is 26.2 Å². The number of anilines is 2. The molecule has 4 aromatic rings. The number of carbonyl (C=O) groups excluding carboxylic acids is 2. The number of ether oxygens (including phenoxy) is 1. The van der Waals surface area contributed by atoms with Crippen LogP contribution in [-0.4, -0.2) is 76.1 Å². The van der Waals surface area contributed by atoms with E-state index in [-0.39, 0.29) is 53.1 Å². The lowest BCUT2D eigenvalue weighted by Gasteiger charge is -2.29. The molecule has 12 nitrogen and oxygen atoms in total. The van der Waals surface area contributed by atoms with Gasteiger partial charge in [-0.2, -0.15) is 5.10 Å². The zero-order valence-corrected chi connectivity index (χ0v) is 27.4. The molecule has 0 atom stereocenters. The molecule has 4 N–H and O–H groups in total. The average Bonchev–Trinajstić information content (AvgIpc) is 3.07. The summed E-state index contributed by atoms with van der Waals surface area (Å²) in [4.78, 5) is 45.4. The molecule has 5 rings (SSSR count). The van der Waals surface area contributed by atoms with E-state index in [0.717, 1.165) is 31.5 Å². The summed E-state index contributed by atoms with van der Waals surface area (Å²) in [6.07, 6.45) is 4.43. The topological polar surface area (TPSA) is 151 Å². The lowest BCUT2D eigenvalue weighted by Crippen LogP contribution is -2.43. The van der Waals surface area contributed by atoms with Gasteiger partial charge < -0.3 is 30.7 Å². The second kappa shape index (κ2) is 15.4. The number of urea groups is 1. The Kier molecular flexibility index (Phi) is 11.1. The van der Waals surface area contributed by atoms with Crippen LogP contribution in [0.15, 0.2) is 65.7 Å². The van der Waals surface area contributed by atoms with Crippen LogP contribution in [0.4, 0.5) is 16.2 Å². The number of amides is 3. The predicted octanol–water partition coefficient (Wildman–Crippen LogP) is 5.14. The summed E-state index contributed by atoms with van der Waals surface area (Å²) < 4.78 is 7.08. The Hall–Kier alpha value is -4.49. The summed E-state index contributed by atoms with van der Waals surface area (Å²) in [5.74, 6) is 0.316. The van der Waals surface area contributed by atoms with E-state index in [1.807, 2.05) is 24.3 Å². The van der Waals surface area contributed by atoms with E-state index in [0.29, 0.717) is 28.1 Å². The number of benzene rings is 2. The number of hydrogen-bond donors (Lipinski definition) is 4. The minimum absolute atomic E-state index is 0.0133. The van der Waals surface area contributed by atoms with Crippen LogP contribution in [0.3, 0.4) is 0 Å². The first-order valence-corrected chi connectivity index (χ1v) is 15.9. The monoisotopic (exact) mass is 679 g/mol. The molecule has 1 saturated heterocycles. The van der Waals surface area contributed by atoms with E-state index in [4.69, 9.17) is 27.9 Å². The lowest BCUT2D eigenvalue weighted by atomic mass is 9.98. The van der Waals surface area contributed by atoms with Gasteiger partial charge in [-0.15, -0.1) is 0 Å². The van der Waals surface area contributed by atoms with Crippen LogP contribution in [0.2, 0.25) is 10.0 Å². The van der Waals surface area contributed by atoms with Crippen molar-refractivity contribution in [1.82, 2.24) is 25.0 Å². The maximum atomic E-state index is 13.3. The van der Waals surface area contributed by atoms with Crippen LogP contribution in [0.25, 0.3) is 22.4 Å². The number of rotatable bonds is 10. The van der Waals surface area contributed by atoms with Crippen molar-refractivity contribution < 1.29 is 19.4 Å². The van der Waals surface area contributed by atoms with E-state index in [9.17, 15) is 19.5 Å². The third-order valence-corrected chi connectivity index (χ3v) is 8.30. The molecule has 0 spiro atoms. The fourth-order valence-electron chi connectivity index (χ4n) is 5.23. The SMILES string of the molecule is CCn1nc(-c2cccc(-c3cc(C(=O)NC4CCN(C)CC4)ccc3OCCO)c2)cc(NC(=O)Nc2c(Cl)cncc2Cl)c1=O. The molecule has 14 heteroatoms. The number of aromatic nitrogens is 3. The van der Waals surface area contributed by atoms with E-state index in [1.165, 1.54) is 23.1 Å². The largest absolute Gasteiger partial charge is 0.491 e. The summed E-state index contributed by atoms with van der Waals surface area (Å²) >= 11 is 12.3. The average molecular weight is 681 g/mol. The summed E-state index contributed by atoms with van der Waals surface area (Å²) in [7, 11) is 2.07. The molecule has 0 radical (unpaired) electrons. The molecule has 1 fully saturated rings. The zero-order valence-electron chi connectivity index (χ0n) is 25.9. The maximum absolute atomic E-state index is 13.3. The van der Waals surface area contributed by atoms with Crippen molar-refractivity contribution in [2.45, 2.75) is 32.4 Å². The summed E-state index contributed by atoms with van der Waals surface area (Å²) in [5.41, 5.74) is 2.53. The van der Waals surface area contributed by atoms with E-state index in [1.54, 1.807) is 25.1 Å². The highest BCUT2D eigenvalue weighted by atomic mass is 35.5. The molecule has 2 aromatic carbocycles. The van der Waals surface area contributed by atoms with Gasteiger partial charge in [-0.25, -0.2) is 9.48 Å². The van der Waals surface area contributed by atoms with Gasteiger partial charge in [0, 0.05) is 41.7 Å². The van der Waals surface area contributed by atoms with Gasteiger partial charge in [-0.3, -0.25) is 14.6 Å². The standard InChI is InChI=1S/C33H35Cl2N7O5/c1-3-42-32(45)28(38-33(46)39-30-25(34)18-36-19-26(30)35)17-27(40-42)21-6-4-5-20(15-21)24-16-22(7-8-29(24)47-14-13-43)31(44)37-23-9-11-41(2)12-10-23/h4-8,15-19,23,43H,3,9-14H2,1-2H3,(H,37,44)(H2,36,38,39,46). The van der Waals surface area contributed by atoms with E-state index in [2.05, 4.69) is 38.0 Å². The Morgan fingerprint density at radius 1 is 1.02 bits per heavy atom. The first-order chi connectivity index (χ1) is 22.7. The number of nitrogens with one attached hydrogen (secondary N) is 3. The van der Waals surface area contributed by atoms with Gasteiger partial charge in [-0.05, 0) is 75.8 Å². The molecule has 0 saturated carbocycles. The molecule has 47 heavy (non-hydrogen) atoms. The van der Waals surface area contributed by atoms with Crippen LogP contribution >= 0.6 is 23.2 Å². The smallest absolute Gasteiger partial charge is 0.323 e. The molecule has 0 unspecified atom stereocenters. The summed E-state index contributed by atoms with van der Waals surface area (Å²) in [6, 6.07) is 13.4. The molecule has 246 valence electrons. The summed E-state index contributed by atoms with van der Waals surface area (Å²) in [5, 5.41) is 22.5. The number of pyridine rings is 1. The molecular weight excluding hydrogens is 645 g/mol. The van der Waals surface area contributed by atoms with Gasteiger partial charge in [-0.1, -0.05) is 41.4 Å². The zero-order chi connectivity index (χ0) is 33.5. The van der Waals surface area contributed by atoms with Crippen LogP contribution in [-0.2, 0) is 6.54 Å². The second-order valence-corrected chi connectivity index (χ2v) is 11.9. The Morgan fingerprint density at radius 2 is 1.74 bits per heavy atom. The minimum atomic E-state index is -0.730. The van der Waals surface area contributed by atoms with Gasteiger partial charge in [0.05, 0.1) is 28.0 Å². The number of piperidine rings is 1. The predicted molar refractivity (Wildman–Crippen MR) is 183 cm³/mol. The highest BCUT2D eigenvalue weighted by Gasteiger charge is 2.21. The highest BCUT2D eigenvalue weighted by molar-refractivity contribution is 6.39. The van der Waals surface area contributed by atoms with Gasteiger partial charge in [0.1, 0.15) is 18.0 Å². The number of aryl methyl sites for hydroxylation is 1. The van der Waals surface area contributed by atoms with Crippen molar-refractivity contribution in [3.8, 4) is 28.1 Å². The first-order valence-electron chi connectivity index (χ1n) is 15.1. The van der Waals surface area contributed by atoms with Crippen molar-refractivity contribution in [1.29, 1.82) is 0 Å². The van der Waals surface area contributed by atoms with Crippen LogP contribution in [0.1, 0.15) is 30.1 Å². The number of carbonyl (C=O) groups is 2. The molecular formula is C33H35Cl2N7O5. The van der Waals surface area contributed by atoms with Crippen molar-refractivity contribution in [3.63, 3.8) is 0 Å². The quantitative estimate of drug-likeness (QED) is 0.180. The Balaban J connectivity index is 1.45. The first kappa shape index (κ1) is 33.9. The van der Waals surface area contributed by atoms with Crippen molar-refractivity contribution in [3.05, 3.63) is 86.9 Å². The fourth-order valence-corrected chi connectivity index (χ4v) is 5.69. The maximum Gasteiger partial charge on any atom is 0.323 e. The van der Waals surface area contributed by atoms with E-state index >= 15 is 0 Å². The number of nitrogens with zero attached hydrogens (tertiary/aromatic N) is 4. The third-order valence-electron chi connectivity index (χ3n) is 7.73. The molecule has 0 bridgehead atoms. The van der Waals surface area contributed by atoms with Gasteiger partial charge in [0.2, 0.25) is 0 Å². The Morgan fingerprint density at radius 3 is 2.45 bits per heavy atom.